The number of amides is 1. The molecule has 0 atom stereocenters. The number of carbonyl (C=O) groups excluding carboxylic acids is 1. The van der Waals surface area contributed by atoms with Crippen molar-refractivity contribution in [3.63, 3.8) is 0 Å². The number of nitro benzene ring substituents is 1. The highest BCUT2D eigenvalue weighted by molar-refractivity contribution is 6.02. The summed E-state index contributed by atoms with van der Waals surface area (Å²) in [6.07, 6.45) is 0.869. The second-order valence-electron chi connectivity index (χ2n) is 6.16. The van der Waals surface area contributed by atoms with E-state index in [0.29, 0.717) is 11.4 Å². The lowest BCUT2D eigenvalue weighted by atomic mass is 10.1. The molecule has 3 aromatic rings. The molecule has 0 bridgehead atoms. The first-order valence-corrected chi connectivity index (χ1v) is 8.65. The summed E-state index contributed by atoms with van der Waals surface area (Å²) in [5, 5.41) is 18.0. The first-order chi connectivity index (χ1) is 13.4. The number of anilines is 1. The van der Waals surface area contributed by atoms with Crippen LogP contribution >= 0.6 is 0 Å². The van der Waals surface area contributed by atoms with E-state index < -0.39 is 16.3 Å². The third-order valence-corrected chi connectivity index (χ3v) is 4.25. The fraction of sp³-hybridized carbons (Fsp3) is 0.150. The lowest BCUT2D eigenvalue weighted by Gasteiger charge is -2.11. The summed E-state index contributed by atoms with van der Waals surface area (Å²) in [6, 6.07) is 14.5. The number of benzene rings is 2. The van der Waals surface area contributed by atoms with Crippen LogP contribution < -0.4 is 10.7 Å². The smallest absolute Gasteiger partial charge is 0.294 e. The largest absolute Gasteiger partial charge is 0.320 e. The van der Waals surface area contributed by atoms with E-state index in [0.717, 1.165) is 12.0 Å². The number of para-hydroxylation sites is 2. The number of aryl methyl sites for hydroxylation is 2. The summed E-state index contributed by atoms with van der Waals surface area (Å²) in [5.74, 6) is -0.679. The van der Waals surface area contributed by atoms with Crippen LogP contribution in [-0.4, -0.2) is 20.6 Å². The quantitative estimate of drug-likeness (QED) is 0.542. The molecule has 1 N–H and O–H groups in total. The van der Waals surface area contributed by atoms with Gasteiger partial charge >= 0.3 is 0 Å². The van der Waals surface area contributed by atoms with E-state index in [-0.39, 0.29) is 17.1 Å². The molecule has 3 rings (SSSR count). The summed E-state index contributed by atoms with van der Waals surface area (Å²) in [4.78, 5) is 35.7. The first-order valence-electron chi connectivity index (χ1n) is 8.65. The van der Waals surface area contributed by atoms with Crippen LogP contribution in [0.1, 0.15) is 28.7 Å². The third-order valence-electron chi connectivity index (χ3n) is 4.25. The van der Waals surface area contributed by atoms with Crippen LogP contribution in [0.5, 0.6) is 0 Å². The maximum atomic E-state index is 12.6. The molecule has 8 heteroatoms. The van der Waals surface area contributed by atoms with E-state index in [2.05, 4.69) is 10.4 Å². The molecule has 142 valence electrons. The third kappa shape index (κ3) is 3.80. The summed E-state index contributed by atoms with van der Waals surface area (Å²) in [6.45, 7) is 3.62. The second kappa shape index (κ2) is 7.83. The van der Waals surface area contributed by atoms with Gasteiger partial charge in [-0.25, -0.2) is 4.68 Å². The van der Waals surface area contributed by atoms with Gasteiger partial charge in [0.05, 0.1) is 4.92 Å². The Morgan fingerprint density at radius 3 is 2.50 bits per heavy atom. The number of hydrogen-bond acceptors (Lipinski definition) is 5. The minimum Gasteiger partial charge on any atom is -0.320 e. The van der Waals surface area contributed by atoms with Crippen LogP contribution in [0.15, 0.2) is 59.4 Å². The van der Waals surface area contributed by atoms with Gasteiger partial charge in [0.25, 0.3) is 11.6 Å². The van der Waals surface area contributed by atoms with E-state index >= 15 is 0 Å². The lowest BCUT2D eigenvalue weighted by molar-refractivity contribution is -0.384. The van der Waals surface area contributed by atoms with Crippen LogP contribution in [0.3, 0.4) is 0 Å². The molecular formula is C20H18N4O4. The van der Waals surface area contributed by atoms with Crippen molar-refractivity contribution in [2.75, 3.05) is 5.32 Å². The van der Waals surface area contributed by atoms with E-state index in [9.17, 15) is 19.7 Å². The van der Waals surface area contributed by atoms with Crippen molar-refractivity contribution in [3.05, 3.63) is 91.9 Å². The number of rotatable bonds is 5. The predicted molar refractivity (Wildman–Crippen MR) is 105 cm³/mol. The number of aromatic nitrogens is 2. The van der Waals surface area contributed by atoms with E-state index in [4.69, 9.17) is 0 Å². The molecule has 0 spiro atoms. The molecule has 8 nitrogen and oxygen atoms in total. The van der Waals surface area contributed by atoms with Crippen molar-refractivity contribution in [2.24, 2.45) is 0 Å². The van der Waals surface area contributed by atoms with Gasteiger partial charge in [-0.15, -0.1) is 0 Å². The van der Waals surface area contributed by atoms with Gasteiger partial charge in [0.15, 0.2) is 5.69 Å². The Labute approximate surface area is 160 Å². The molecule has 0 saturated heterocycles. The monoisotopic (exact) mass is 378 g/mol. The maximum absolute atomic E-state index is 12.6. The van der Waals surface area contributed by atoms with Crippen LogP contribution in [0.4, 0.5) is 11.4 Å². The second-order valence-corrected chi connectivity index (χ2v) is 6.16. The van der Waals surface area contributed by atoms with Gasteiger partial charge < -0.3 is 5.32 Å². The van der Waals surface area contributed by atoms with Crippen molar-refractivity contribution in [1.82, 2.24) is 9.78 Å². The topological polar surface area (TPSA) is 107 Å². The van der Waals surface area contributed by atoms with Gasteiger partial charge in [0.1, 0.15) is 5.69 Å². The number of nitrogens with one attached hydrogen (secondary N) is 1. The van der Waals surface area contributed by atoms with Gasteiger partial charge in [-0.3, -0.25) is 19.7 Å². The standard InChI is InChI=1S/C20H18N4O4/c1-3-14-8-10-15(11-9-14)21-20(26)19-18(25)12-13(2)23(22-19)16-6-4-5-7-17(16)24(27)28/h4-12H,3H2,1-2H3,(H,21,26). The van der Waals surface area contributed by atoms with Gasteiger partial charge in [-0.1, -0.05) is 31.2 Å². The van der Waals surface area contributed by atoms with Crippen LogP contribution in [0.2, 0.25) is 0 Å². The Morgan fingerprint density at radius 1 is 1.18 bits per heavy atom. The zero-order chi connectivity index (χ0) is 20.3. The van der Waals surface area contributed by atoms with E-state index in [1.165, 1.54) is 28.9 Å². The van der Waals surface area contributed by atoms with E-state index in [1.807, 2.05) is 19.1 Å². The summed E-state index contributed by atoms with van der Waals surface area (Å²) in [7, 11) is 0. The molecule has 1 aromatic heterocycles. The number of carbonyl (C=O) groups is 1. The molecule has 0 saturated carbocycles. The van der Waals surface area contributed by atoms with Gasteiger partial charge in [-0.2, -0.15) is 5.10 Å². The molecular weight excluding hydrogens is 360 g/mol. The van der Waals surface area contributed by atoms with Crippen molar-refractivity contribution >= 4 is 17.3 Å². The molecule has 2 aromatic carbocycles. The molecule has 28 heavy (non-hydrogen) atoms. The van der Waals surface area contributed by atoms with Gasteiger partial charge in [-0.05, 0) is 37.1 Å². The maximum Gasteiger partial charge on any atom is 0.294 e. The lowest BCUT2D eigenvalue weighted by Crippen LogP contribution is -2.27. The normalized spacial score (nSPS) is 10.5. The Hall–Kier alpha value is -3.81. The van der Waals surface area contributed by atoms with Crippen LogP contribution in [0.25, 0.3) is 5.69 Å². The molecule has 1 heterocycles. The van der Waals surface area contributed by atoms with Crippen molar-refractivity contribution in [3.8, 4) is 5.69 Å². The highest BCUT2D eigenvalue weighted by Gasteiger charge is 2.20. The first kappa shape index (κ1) is 19.0. The zero-order valence-electron chi connectivity index (χ0n) is 15.4. The Morgan fingerprint density at radius 2 is 1.86 bits per heavy atom. The Bertz CT molecular complexity index is 1100. The number of nitro groups is 1. The van der Waals surface area contributed by atoms with Gasteiger partial charge in [0, 0.05) is 23.5 Å². The SMILES string of the molecule is CCc1ccc(NC(=O)c2nn(-c3ccccc3[N+](=O)[O-])c(C)cc2=O)cc1. The molecule has 0 fully saturated rings. The van der Waals surface area contributed by atoms with Crippen LogP contribution in [-0.2, 0) is 6.42 Å². The average Bonchev–Trinajstić information content (AvgIpc) is 2.68. The van der Waals surface area contributed by atoms with Crippen molar-refractivity contribution in [1.29, 1.82) is 0 Å². The summed E-state index contributed by atoms with van der Waals surface area (Å²) >= 11 is 0. The zero-order valence-corrected chi connectivity index (χ0v) is 15.4. The predicted octanol–water partition coefficient (Wildman–Crippen LogP) is 3.26. The average molecular weight is 378 g/mol. The molecule has 0 aliphatic heterocycles. The fourth-order valence-corrected chi connectivity index (χ4v) is 2.76. The highest BCUT2D eigenvalue weighted by atomic mass is 16.6. The minimum absolute atomic E-state index is 0.173. The molecule has 0 aliphatic rings. The van der Waals surface area contributed by atoms with E-state index in [1.54, 1.807) is 25.1 Å². The molecule has 0 radical (unpaired) electrons. The molecule has 0 aliphatic carbocycles. The highest BCUT2D eigenvalue weighted by Crippen LogP contribution is 2.22. The Balaban J connectivity index is 2.01. The summed E-state index contributed by atoms with van der Waals surface area (Å²) < 4.78 is 1.23. The van der Waals surface area contributed by atoms with Gasteiger partial charge in [0.2, 0.25) is 5.43 Å². The van der Waals surface area contributed by atoms with Crippen LogP contribution in [0, 0.1) is 17.0 Å². The fourth-order valence-electron chi connectivity index (χ4n) is 2.76. The number of nitrogens with zero attached hydrogens (tertiary/aromatic N) is 3. The summed E-state index contributed by atoms with van der Waals surface area (Å²) in [5.41, 5.74) is 1.11. The van der Waals surface area contributed by atoms with Crippen molar-refractivity contribution < 1.29 is 9.72 Å². The minimum atomic E-state index is -0.679. The molecule has 1 amide bonds. The van der Waals surface area contributed by atoms with Crippen molar-refractivity contribution in [2.45, 2.75) is 20.3 Å². The number of hydrogen-bond donors (Lipinski definition) is 1. The molecule has 0 unspecified atom stereocenters. The Kier molecular flexibility index (Phi) is 5.30.